The van der Waals surface area contributed by atoms with Gasteiger partial charge < -0.3 is 10.0 Å². The zero-order chi connectivity index (χ0) is 19.1. The zero-order valence-electron chi connectivity index (χ0n) is 13.9. The molecule has 26 heavy (non-hydrogen) atoms. The molecule has 1 heterocycles. The van der Waals surface area contributed by atoms with Gasteiger partial charge in [0.05, 0.1) is 10.6 Å². The molecular weight excluding hydrogens is 380 g/mol. The third-order valence-corrected chi connectivity index (χ3v) is 4.75. The fraction of sp³-hybridized carbons (Fsp3) is 0.263. The van der Waals surface area contributed by atoms with Crippen molar-refractivity contribution in [2.24, 2.45) is 5.92 Å². The Kier molecular flexibility index (Phi) is 7.42. The van der Waals surface area contributed by atoms with E-state index in [1.807, 2.05) is 24.3 Å². The average Bonchev–Trinajstić information content (AvgIpc) is 3.06. The SMILES string of the molecule is O=C(c1c(F)cccc1Cl)N1CCC(Cc2ccc(Cl)cc2)C1.O=CO. The maximum atomic E-state index is 13.9. The van der Waals surface area contributed by atoms with Gasteiger partial charge in [-0.2, -0.15) is 0 Å². The van der Waals surface area contributed by atoms with Gasteiger partial charge in [0, 0.05) is 18.1 Å². The lowest BCUT2D eigenvalue weighted by atomic mass is 9.99. The molecule has 0 aliphatic carbocycles. The van der Waals surface area contributed by atoms with Crippen LogP contribution in [0.15, 0.2) is 42.5 Å². The monoisotopic (exact) mass is 397 g/mol. The number of hydrogen-bond acceptors (Lipinski definition) is 2. The molecule has 2 aromatic rings. The summed E-state index contributed by atoms with van der Waals surface area (Å²) in [5.41, 5.74) is 1.17. The first-order chi connectivity index (χ1) is 12.5. The van der Waals surface area contributed by atoms with E-state index in [0.29, 0.717) is 24.0 Å². The highest BCUT2D eigenvalue weighted by atomic mass is 35.5. The molecule has 3 rings (SSSR count). The highest BCUT2D eigenvalue weighted by Gasteiger charge is 2.29. The van der Waals surface area contributed by atoms with Crippen LogP contribution in [0, 0.1) is 11.7 Å². The number of benzene rings is 2. The van der Waals surface area contributed by atoms with Crippen LogP contribution in [-0.2, 0) is 11.2 Å². The van der Waals surface area contributed by atoms with Gasteiger partial charge in [0.15, 0.2) is 0 Å². The fourth-order valence-electron chi connectivity index (χ4n) is 3.00. The largest absolute Gasteiger partial charge is 0.483 e. The van der Waals surface area contributed by atoms with Gasteiger partial charge in [-0.3, -0.25) is 9.59 Å². The maximum Gasteiger partial charge on any atom is 0.290 e. The van der Waals surface area contributed by atoms with Gasteiger partial charge in [-0.15, -0.1) is 0 Å². The summed E-state index contributed by atoms with van der Waals surface area (Å²) in [4.78, 5) is 22.6. The first-order valence-corrected chi connectivity index (χ1v) is 8.77. The number of amides is 1. The molecule has 2 aromatic carbocycles. The van der Waals surface area contributed by atoms with Crippen molar-refractivity contribution < 1.29 is 19.1 Å². The standard InChI is InChI=1S/C18H16Cl2FNO.CH2O2/c19-14-6-4-12(5-7-14)10-13-8-9-22(11-13)18(23)17-15(20)2-1-3-16(17)21;2-1-3/h1-7,13H,8-11H2;1H,(H,2,3). The highest BCUT2D eigenvalue weighted by molar-refractivity contribution is 6.33. The average molecular weight is 398 g/mol. The quantitative estimate of drug-likeness (QED) is 0.773. The van der Waals surface area contributed by atoms with E-state index < -0.39 is 5.82 Å². The molecule has 0 saturated carbocycles. The molecule has 0 spiro atoms. The normalized spacial score (nSPS) is 16.0. The van der Waals surface area contributed by atoms with Crippen molar-refractivity contribution in [3.05, 3.63) is 69.5 Å². The summed E-state index contributed by atoms with van der Waals surface area (Å²) in [6.45, 7) is 0.994. The molecular formula is C19H18Cl2FNO3. The van der Waals surface area contributed by atoms with Gasteiger partial charge in [-0.25, -0.2) is 4.39 Å². The molecule has 7 heteroatoms. The molecule has 4 nitrogen and oxygen atoms in total. The van der Waals surface area contributed by atoms with Crippen LogP contribution in [-0.4, -0.2) is 35.5 Å². The molecule has 1 N–H and O–H groups in total. The van der Waals surface area contributed by atoms with E-state index in [1.165, 1.54) is 17.7 Å². The zero-order valence-corrected chi connectivity index (χ0v) is 15.4. The van der Waals surface area contributed by atoms with Crippen molar-refractivity contribution >= 4 is 35.6 Å². The van der Waals surface area contributed by atoms with Gasteiger partial charge in [0.1, 0.15) is 5.82 Å². The van der Waals surface area contributed by atoms with Gasteiger partial charge in [0.25, 0.3) is 12.4 Å². The molecule has 1 amide bonds. The van der Waals surface area contributed by atoms with E-state index in [1.54, 1.807) is 11.0 Å². The summed E-state index contributed by atoms with van der Waals surface area (Å²) in [5, 5.41) is 7.77. The van der Waals surface area contributed by atoms with Crippen LogP contribution in [0.25, 0.3) is 0 Å². The highest BCUT2D eigenvalue weighted by Crippen LogP contribution is 2.26. The first kappa shape index (κ1) is 20.2. The van der Waals surface area contributed by atoms with E-state index in [2.05, 4.69) is 0 Å². The van der Waals surface area contributed by atoms with Crippen molar-refractivity contribution in [2.45, 2.75) is 12.8 Å². The number of rotatable bonds is 3. The maximum absolute atomic E-state index is 13.9. The first-order valence-electron chi connectivity index (χ1n) is 8.01. The molecule has 1 fully saturated rings. The minimum atomic E-state index is -0.566. The van der Waals surface area contributed by atoms with Crippen LogP contribution in [0.4, 0.5) is 4.39 Å². The Morgan fingerprint density at radius 2 is 1.88 bits per heavy atom. The predicted molar refractivity (Wildman–Crippen MR) is 99.3 cm³/mol. The minimum absolute atomic E-state index is 0.0266. The van der Waals surface area contributed by atoms with E-state index in [-0.39, 0.29) is 23.0 Å². The van der Waals surface area contributed by atoms with Crippen molar-refractivity contribution in [3.8, 4) is 0 Å². The third-order valence-electron chi connectivity index (χ3n) is 4.19. The smallest absolute Gasteiger partial charge is 0.290 e. The van der Waals surface area contributed by atoms with E-state index in [9.17, 15) is 9.18 Å². The molecule has 1 saturated heterocycles. The lowest BCUT2D eigenvalue weighted by Gasteiger charge is -2.18. The molecule has 1 aliphatic heterocycles. The van der Waals surface area contributed by atoms with E-state index in [0.717, 1.165) is 12.8 Å². The second kappa shape index (κ2) is 9.55. The summed E-state index contributed by atoms with van der Waals surface area (Å²) in [5.74, 6) is -0.527. The Balaban J connectivity index is 0.000000758. The van der Waals surface area contributed by atoms with Gasteiger partial charge in [-0.05, 0) is 48.6 Å². The Labute approximate surface area is 161 Å². The number of likely N-dealkylation sites (tertiary alicyclic amines) is 1. The van der Waals surface area contributed by atoms with Gasteiger partial charge >= 0.3 is 0 Å². The second-order valence-electron chi connectivity index (χ2n) is 5.94. The van der Waals surface area contributed by atoms with Crippen molar-refractivity contribution in [1.82, 2.24) is 4.90 Å². The molecule has 0 radical (unpaired) electrons. The Hall–Kier alpha value is -2.11. The number of nitrogens with zero attached hydrogens (tertiary/aromatic N) is 1. The van der Waals surface area contributed by atoms with Crippen LogP contribution in [0.3, 0.4) is 0 Å². The number of carboxylic acid groups (broad SMARTS) is 1. The lowest BCUT2D eigenvalue weighted by Crippen LogP contribution is -2.30. The Morgan fingerprint density at radius 1 is 1.23 bits per heavy atom. The molecule has 1 unspecified atom stereocenters. The summed E-state index contributed by atoms with van der Waals surface area (Å²) in [7, 11) is 0. The summed E-state index contributed by atoms with van der Waals surface area (Å²) in [6, 6.07) is 12.0. The van der Waals surface area contributed by atoms with E-state index >= 15 is 0 Å². The van der Waals surface area contributed by atoms with Crippen molar-refractivity contribution in [2.75, 3.05) is 13.1 Å². The molecule has 0 aromatic heterocycles. The van der Waals surface area contributed by atoms with Crippen LogP contribution in [0.5, 0.6) is 0 Å². The molecule has 138 valence electrons. The van der Waals surface area contributed by atoms with Crippen molar-refractivity contribution in [3.63, 3.8) is 0 Å². The van der Waals surface area contributed by atoms with E-state index in [4.69, 9.17) is 33.1 Å². The topological polar surface area (TPSA) is 57.6 Å². The minimum Gasteiger partial charge on any atom is -0.483 e. The number of hydrogen-bond donors (Lipinski definition) is 1. The third kappa shape index (κ3) is 5.19. The van der Waals surface area contributed by atoms with Crippen LogP contribution in [0.2, 0.25) is 10.0 Å². The van der Waals surface area contributed by atoms with Gasteiger partial charge in [0.2, 0.25) is 0 Å². The number of halogens is 3. The molecule has 1 atom stereocenters. The van der Waals surface area contributed by atoms with Crippen molar-refractivity contribution in [1.29, 1.82) is 0 Å². The number of carbonyl (C=O) groups excluding carboxylic acids is 1. The van der Waals surface area contributed by atoms with Gasteiger partial charge in [-0.1, -0.05) is 41.4 Å². The lowest BCUT2D eigenvalue weighted by molar-refractivity contribution is -0.122. The summed E-state index contributed by atoms with van der Waals surface area (Å²) < 4.78 is 13.9. The van der Waals surface area contributed by atoms with Crippen LogP contribution >= 0.6 is 23.2 Å². The van der Waals surface area contributed by atoms with Crippen LogP contribution < -0.4 is 0 Å². The summed E-state index contributed by atoms with van der Waals surface area (Å²) >= 11 is 11.9. The number of carbonyl (C=O) groups is 2. The Bertz CT molecular complexity index is 748. The molecule has 0 bridgehead atoms. The summed E-state index contributed by atoms with van der Waals surface area (Å²) in [6.07, 6.45) is 1.78. The molecule has 1 aliphatic rings. The fourth-order valence-corrected chi connectivity index (χ4v) is 3.37. The predicted octanol–water partition coefficient (Wildman–Crippen LogP) is 4.54. The Morgan fingerprint density at radius 3 is 2.50 bits per heavy atom. The van der Waals surface area contributed by atoms with Crippen LogP contribution in [0.1, 0.15) is 22.3 Å². The second-order valence-corrected chi connectivity index (χ2v) is 6.78.